The van der Waals surface area contributed by atoms with E-state index in [4.69, 9.17) is 0 Å². The Labute approximate surface area is 88.4 Å². The van der Waals surface area contributed by atoms with E-state index in [0.717, 1.165) is 7.41 Å². The zero-order valence-electron chi connectivity index (χ0n) is 9.70. The lowest BCUT2D eigenvalue weighted by Gasteiger charge is -2.30. The van der Waals surface area contributed by atoms with Crippen LogP contribution in [0.1, 0.15) is 27.7 Å². The molecule has 0 spiro atoms. The van der Waals surface area contributed by atoms with Crippen LogP contribution < -0.4 is 5.46 Å². The Bertz CT molecular complexity index is 248. The summed E-state index contributed by atoms with van der Waals surface area (Å²) in [5.41, 5.74) is 1.40. The van der Waals surface area contributed by atoms with E-state index in [1.807, 2.05) is 0 Å². The van der Waals surface area contributed by atoms with Crippen LogP contribution in [0.25, 0.3) is 0 Å². The topological polar surface area (TPSA) is 3.24 Å². The van der Waals surface area contributed by atoms with Gasteiger partial charge in [-0.15, -0.1) is 0 Å². The second kappa shape index (κ2) is 5.21. The van der Waals surface area contributed by atoms with Crippen molar-refractivity contribution in [3.63, 3.8) is 0 Å². The van der Waals surface area contributed by atoms with Gasteiger partial charge in [0, 0.05) is 0 Å². The Morgan fingerprint density at radius 3 is 1.86 bits per heavy atom. The molecule has 0 aliphatic heterocycles. The van der Waals surface area contributed by atoms with Gasteiger partial charge in [-0.25, -0.2) is 0 Å². The van der Waals surface area contributed by atoms with Crippen molar-refractivity contribution in [1.29, 1.82) is 0 Å². The van der Waals surface area contributed by atoms with E-state index in [2.05, 4.69) is 62.8 Å². The van der Waals surface area contributed by atoms with Gasteiger partial charge in [-0.2, -0.15) is 0 Å². The van der Waals surface area contributed by atoms with Crippen LogP contribution in [0.4, 0.5) is 0 Å². The summed E-state index contributed by atoms with van der Waals surface area (Å²) < 4.78 is 0. The van der Waals surface area contributed by atoms with E-state index in [-0.39, 0.29) is 0 Å². The quantitative estimate of drug-likeness (QED) is 0.652. The Kier molecular flexibility index (Phi) is 4.21. The van der Waals surface area contributed by atoms with Crippen molar-refractivity contribution in [2.75, 3.05) is 0 Å². The maximum absolute atomic E-state index is 2.50. The van der Waals surface area contributed by atoms with Crippen LogP contribution in [0, 0.1) is 0 Å². The third-order valence-electron chi connectivity index (χ3n) is 2.53. The molecule has 0 bridgehead atoms. The van der Waals surface area contributed by atoms with Gasteiger partial charge >= 0.3 is 0 Å². The van der Waals surface area contributed by atoms with Crippen molar-refractivity contribution in [3.05, 3.63) is 30.3 Å². The molecule has 0 saturated carbocycles. The van der Waals surface area contributed by atoms with Crippen molar-refractivity contribution in [2.45, 2.75) is 39.8 Å². The Balaban J connectivity index is 2.65. The molecule has 0 aromatic heterocycles. The number of nitrogens with zero attached hydrogens (tertiary/aromatic N) is 1. The predicted octanol–water partition coefficient (Wildman–Crippen LogP) is 1.78. The number of hydrogen-bond donors (Lipinski definition) is 0. The van der Waals surface area contributed by atoms with Crippen molar-refractivity contribution < 1.29 is 0 Å². The Hall–Kier alpha value is -0.755. The highest BCUT2D eigenvalue weighted by Gasteiger charge is 2.14. The minimum absolute atomic E-state index is 0.607. The van der Waals surface area contributed by atoms with Crippen LogP contribution in [0.3, 0.4) is 0 Å². The van der Waals surface area contributed by atoms with Crippen LogP contribution in [0.2, 0.25) is 0 Å². The van der Waals surface area contributed by atoms with Gasteiger partial charge in [0.1, 0.15) is 0 Å². The lowest BCUT2D eigenvalue weighted by molar-refractivity contribution is 0.315. The fraction of sp³-hybridized carbons (Fsp3) is 0.500. The zero-order chi connectivity index (χ0) is 10.6. The van der Waals surface area contributed by atoms with Gasteiger partial charge in [-0.05, 0) is 12.1 Å². The molecule has 0 amide bonds. The second-order valence-corrected chi connectivity index (χ2v) is 4.35. The first-order valence-corrected chi connectivity index (χ1v) is 5.41. The average molecular weight is 189 g/mol. The molecule has 0 aliphatic rings. The molecule has 0 unspecified atom stereocenters. The van der Waals surface area contributed by atoms with E-state index < -0.39 is 0 Å². The van der Waals surface area contributed by atoms with Crippen LogP contribution in [0.5, 0.6) is 0 Å². The van der Waals surface area contributed by atoms with Crippen molar-refractivity contribution >= 4 is 12.9 Å². The van der Waals surface area contributed by atoms with Crippen LogP contribution in [-0.2, 0) is 0 Å². The van der Waals surface area contributed by atoms with Gasteiger partial charge in [0.25, 0.3) is 0 Å². The lowest BCUT2D eigenvalue weighted by atomic mass is 9.78. The van der Waals surface area contributed by atoms with Crippen LogP contribution in [0.15, 0.2) is 30.3 Å². The van der Waals surface area contributed by atoms with E-state index >= 15 is 0 Å². The molecule has 1 aromatic rings. The summed E-state index contributed by atoms with van der Waals surface area (Å²) >= 11 is 0. The van der Waals surface area contributed by atoms with Crippen molar-refractivity contribution in [1.82, 2.24) is 4.81 Å². The fourth-order valence-electron chi connectivity index (χ4n) is 1.76. The van der Waals surface area contributed by atoms with Gasteiger partial charge < -0.3 is 4.81 Å². The van der Waals surface area contributed by atoms with Gasteiger partial charge in [-0.3, -0.25) is 0 Å². The first-order valence-electron chi connectivity index (χ1n) is 5.41. The highest BCUT2D eigenvalue weighted by Crippen LogP contribution is 2.02. The second-order valence-electron chi connectivity index (χ2n) is 4.35. The summed E-state index contributed by atoms with van der Waals surface area (Å²) in [6, 6.07) is 11.9. The molecule has 0 aliphatic carbocycles. The first kappa shape index (κ1) is 11.3. The van der Waals surface area contributed by atoms with Crippen molar-refractivity contribution in [3.8, 4) is 0 Å². The summed E-state index contributed by atoms with van der Waals surface area (Å²) in [7, 11) is 1.05. The number of hydrogen-bond acceptors (Lipinski definition) is 1. The number of rotatable bonds is 4. The Morgan fingerprint density at radius 1 is 0.929 bits per heavy atom. The summed E-state index contributed by atoms with van der Waals surface area (Å²) in [5.74, 6) is 0. The third kappa shape index (κ3) is 3.19. The predicted molar refractivity (Wildman–Crippen MR) is 65.3 cm³/mol. The molecule has 0 fully saturated rings. The van der Waals surface area contributed by atoms with Gasteiger partial charge in [-0.1, -0.05) is 63.5 Å². The largest absolute Gasteiger partial charge is 0.337 e. The molecule has 1 aromatic carbocycles. The summed E-state index contributed by atoms with van der Waals surface area (Å²) in [5, 5.41) is 0. The SMILES string of the molecule is CC(C)N(Bc1ccccc1)C(C)C. The summed E-state index contributed by atoms with van der Waals surface area (Å²) in [6.45, 7) is 9.01. The molecule has 14 heavy (non-hydrogen) atoms. The van der Waals surface area contributed by atoms with E-state index in [9.17, 15) is 0 Å². The fourth-order valence-corrected chi connectivity index (χ4v) is 1.76. The normalized spacial score (nSPS) is 11.4. The van der Waals surface area contributed by atoms with E-state index in [0.29, 0.717) is 12.1 Å². The van der Waals surface area contributed by atoms with Crippen LogP contribution in [-0.4, -0.2) is 24.3 Å². The molecule has 0 atom stereocenters. The molecular formula is C12H20BN. The number of benzene rings is 1. The third-order valence-corrected chi connectivity index (χ3v) is 2.53. The van der Waals surface area contributed by atoms with E-state index in [1.54, 1.807) is 0 Å². The van der Waals surface area contributed by atoms with Crippen molar-refractivity contribution in [2.24, 2.45) is 0 Å². The van der Waals surface area contributed by atoms with Gasteiger partial charge in [0.05, 0.1) is 0 Å². The Morgan fingerprint density at radius 2 is 1.43 bits per heavy atom. The monoisotopic (exact) mass is 189 g/mol. The molecule has 2 heteroatoms. The van der Waals surface area contributed by atoms with Gasteiger partial charge in [0.2, 0.25) is 7.41 Å². The molecule has 0 radical (unpaired) electrons. The van der Waals surface area contributed by atoms with E-state index in [1.165, 1.54) is 5.46 Å². The molecule has 76 valence electrons. The summed E-state index contributed by atoms with van der Waals surface area (Å²) in [6.07, 6.45) is 0. The van der Waals surface area contributed by atoms with Crippen LogP contribution >= 0.6 is 0 Å². The molecule has 0 N–H and O–H groups in total. The minimum Gasteiger partial charge on any atom is -0.337 e. The first-order chi connectivity index (χ1) is 6.61. The van der Waals surface area contributed by atoms with Gasteiger partial charge in [0.15, 0.2) is 0 Å². The molecule has 1 rings (SSSR count). The maximum Gasteiger partial charge on any atom is 0.239 e. The highest BCUT2D eigenvalue weighted by atomic mass is 15.1. The zero-order valence-corrected chi connectivity index (χ0v) is 9.70. The molecular weight excluding hydrogens is 169 g/mol. The highest BCUT2D eigenvalue weighted by molar-refractivity contribution is 6.50. The molecule has 0 heterocycles. The smallest absolute Gasteiger partial charge is 0.239 e. The average Bonchev–Trinajstić information content (AvgIpc) is 2.15. The molecule has 0 saturated heterocycles. The lowest BCUT2D eigenvalue weighted by Crippen LogP contribution is -2.44. The maximum atomic E-state index is 2.50. The minimum atomic E-state index is 0.607. The standard InChI is InChI=1S/C12H20BN/c1-10(2)14(11(3)4)13-12-8-6-5-7-9-12/h5-11,13H,1-4H3. The molecule has 1 nitrogen and oxygen atoms in total. The summed E-state index contributed by atoms with van der Waals surface area (Å²) in [4.78, 5) is 2.50.